The zero-order valence-corrected chi connectivity index (χ0v) is 19.1. The van der Waals surface area contributed by atoms with E-state index in [0.29, 0.717) is 5.56 Å². The summed E-state index contributed by atoms with van der Waals surface area (Å²) < 4.78 is 5.34. The summed E-state index contributed by atoms with van der Waals surface area (Å²) in [6.45, 7) is 4.61. The Morgan fingerprint density at radius 2 is 1.48 bits per heavy atom. The van der Waals surface area contributed by atoms with Crippen LogP contribution in [0.5, 0.6) is 5.75 Å². The smallest absolute Gasteiger partial charge is 0.335 e. The third-order valence-electron chi connectivity index (χ3n) is 6.68. The number of hydrogen-bond acceptors (Lipinski definition) is 2. The van der Waals surface area contributed by atoms with Crippen LogP contribution in [0.3, 0.4) is 0 Å². The number of rotatable bonds is 4. The molecule has 0 unspecified atom stereocenters. The zero-order valence-electron chi connectivity index (χ0n) is 19.1. The average molecular weight is 435 g/mol. The number of ether oxygens (including phenoxy) is 1. The Kier molecular flexibility index (Phi) is 5.05. The van der Waals surface area contributed by atoms with Gasteiger partial charge in [0.25, 0.3) is 0 Å². The minimum absolute atomic E-state index is 0.0603. The molecule has 1 aliphatic rings. The van der Waals surface area contributed by atoms with Crippen molar-refractivity contribution in [3.8, 4) is 16.9 Å². The molecule has 33 heavy (non-hydrogen) atoms. The molecule has 0 bridgehead atoms. The summed E-state index contributed by atoms with van der Waals surface area (Å²) >= 11 is 0. The van der Waals surface area contributed by atoms with E-state index in [4.69, 9.17) is 4.74 Å². The van der Waals surface area contributed by atoms with Gasteiger partial charge in [-0.25, -0.2) is 4.79 Å². The monoisotopic (exact) mass is 434 g/mol. The summed E-state index contributed by atoms with van der Waals surface area (Å²) in [7, 11) is 1.69. The van der Waals surface area contributed by atoms with Crippen molar-refractivity contribution in [2.24, 2.45) is 0 Å². The Morgan fingerprint density at radius 3 is 2.15 bits per heavy atom. The highest BCUT2D eigenvalue weighted by Crippen LogP contribution is 2.43. The van der Waals surface area contributed by atoms with E-state index in [-0.39, 0.29) is 5.41 Å². The molecule has 0 aliphatic heterocycles. The van der Waals surface area contributed by atoms with Gasteiger partial charge < -0.3 is 9.84 Å². The first-order chi connectivity index (χ1) is 15.9. The number of carbonyl (C=O) groups is 1. The van der Waals surface area contributed by atoms with Gasteiger partial charge in [-0.2, -0.15) is 0 Å². The molecule has 0 amide bonds. The van der Waals surface area contributed by atoms with Crippen LogP contribution in [0.4, 0.5) is 0 Å². The van der Waals surface area contributed by atoms with Gasteiger partial charge in [-0.1, -0.05) is 56.3 Å². The van der Waals surface area contributed by atoms with Crippen LogP contribution in [0.15, 0.2) is 84.9 Å². The third kappa shape index (κ3) is 3.80. The number of hydrogen-bond donors (Lipinski definition) is 1. The number of methoxy groups -OCH3 is 1. The van der Waals surface area contributed by atoms with Crippen molar-refractivity contribution in [2.75, 3.05) is 7.11 Å². The van der Waals surface area contributed by atoms with Crippen LogP contribution in [-0.4, -0.2) is 18.2 Å². The summed E-state index contributed by atoms with van der Waals surface area (Å²) in [6, 6.07) is 26.4. The molecule has 5 rings (SSSR count). The normalized spacial score (nSPS) is 14.5. The second kappa shape index (κ2) is 7.93. The number of allylic oxidation sites excluding steroid dienone is 1. The molecule has 0 radical (unpaired) electrons. The molecule has 0 heterocycles. The Hall–Kier alpha value is -3.85. The van der Waals surface area contributed by atoms with Crippen molar-refractivity contribution in [1.82, 2.24) is 0 Å². The van der Waals surface area contributed by atoms with E-state index in [0.717, 1.165) is 23.3 Å². The number of benzene rings is 4. The van der Waals surface area contributed by atoms with E-state index < -0.39 is 5.97 Å². The van der Waals surface area contributed by atoms with Gasteiger partial charge in [0.15, 0.2) is 0 Å². The minimum atomic E-state index is -0.910. The number of aromatic carboxylic acids is 1. The Balaban J connectivity index is 1.62. The van der Waals surface area contributed by atoms with Crippen molar-refractivity contribution in [1.29, 1.82) is 0 Å². The van der Waals surface area contributed by atoms with E-state index in [2.05, 4.69) is 62.4 Å². The van der Waals surface area contributed by atoms with Gasteiger partial charge in [-0.05, 0) is 98.5 Å². The van der Waals surface area contributed by atoms with Crippen molar-refractivity contribution in [2.45, 2.75) is 25.7 Å². The molecule has 3 heteroatoms. The molecule has 164 valence electrons. The fraction of sp³-hybridized carbons (Fsp3) is 0.167. The van der Waals surface area contributed by atoms with E-state index >= 15 is 0 Å². The molecule has 0 fully saturated rings. The van der Waals surface area contributed by atoms with Crippen molar-refractivity contribution in [3.05, 3.63) is 107 Å². The lowest BCUT2D eigenvalue weighted by molar-refractivity contribution is 0.0697. The van der Waals surface area contributed by atoms with Gasteiger partial charge in [0, 0.05) is 0 Å². The lowest BCUT2D eigenvalue weighted by atomic mass is 9.71. The SMILES string of the molecule is COc1ccc(C2=CCC(C)(C)c3cc4ccc(-c5ccc(C(=O)O)cc5)cc4cc32)cc1. The molecular weight excluding hydrogens is 408 g/mol. The van der Waals surface area contributed by atoms with Gasteiger partial charge in [0.1, 0.15) is 5.75 Å². The number of carboxylic acid groups (broad SMARTS) is 1. The molecule has 4 aromatic rings. The maximum atomic E-state index is 11.2. The molecule has 1 N–H and O–H groups in total. The molecule has 1 aliphatic carbocycles. The first-order valence-electron chi connectivity index (χ1n) is 11.1. The third-order valence-corrected chi connectivity index (χ3v) is 6.68. The fourth-order valence-corrected chi connectivity index (χ4v) is 4.69. The van der Waals surface area contributed by atoms with Crippen LogP contribution in [0.1, 0.15) is 47.3 Å². The second-order valence-corrected chi connectivity index (χ2v) is 9.28. The minimum Gasteiger partial charge on any atom is -0.497 e. The molecule has 0 spiro atoms. The highest BCUT2D eigenvalue weighted by Gasteiger charge is 2.29. The van der Waals surface area contributed by atoms with Crippen molar-refractivity contribution in [3.63, 3.8) is 0 Å². The predicted octanol–water partition coefficient (Wildman–Crippen LogP) is 7.33. The van der Waals surface area contributed by atoms with Gasteiger partial charge in [0.2, 0.25) is 0 Å². The maximum absolute atomic E-state index is 11.2. The summed E-state index contributed by atoms with van der Waals surface area (Å²) in [5, 5.41) is 11.6. The molecule has 0 saturated carbocycles. The van der Waals surface area contributed by atoms with Gasteiger partial charge in [0.05, 0.1) is 12.7 Å². The van der Waals surface area contributed by atoms with E-state index in [1.165, 1.54) is 33.0 Å². The highest BCUT2D eigenvalue weighted by molar-refractivity contribution is 5.95. The summed E-state index contributed by atoms with van der Waals surface area (Å²) in [5.74, 6) is -0.0556. The molecular formula is C30H26O3. The zero-order chi connectivity index (χ0) is 23.2. The summed E-state index contributed by atoms with van der Waals surface area (Å²) in [4.78, 5) is 11.2. The number of carboxylic acids is 1. The molecule has 4 aromatic carbocycles. The van der Waals surface area contributed by atoms with E-state index in [9.17, 15) is 9.90 Å². The maximum Gasteiger partial charge on any atom is 0.335 e. The van der Waals surface area contributed by atoms with Crippen LogP contribution >= 0.6 is 0 Å². The first-order valence-corrected chi connectivity index (χ1v) is 11.1. The van der Waals surface area contributed by atoms with E-state index in [1.54, 1.807) is 19.2 Å². The average Bonchev–Trinajstić information content (AvgIpc) is 2.83. The van der Waals surface area contributed by atoms with Crippen LogP contribution in [-0.2, 0) is 5.41 Å². The van der Waals surface area contributed by atoms with Crippen LogP contribution in [0.25, 0.3) is 27.5 Å². The second-order valence-electron chi connectivity index (χ2n) is 9.28. The predicted molar refractivity (Wildman–Crippen MR) is 134 cm³/mol. The van der Waals surface area contributed by atoms with Crippen molar-refractivity contribution >= 4 is 22.3 Å². The molecule has 0 saturated heterocycles. The molecule has 0 aromatic heterocycles. The lowest BCUT2D eigenvalue weighted by Gasteiger charge is -2.33. The largest absolute Gasteiger partial charge is 0.497 e. The van der Waals surface area contributed by atoms with E-state index in [1.807, 2.05) is 24.3 Å². The Bertz CT molecular complexity index is 1390. The topological polar surface area (TPSA) is 46.5 Å². The van der Waals surface area contributed by atoms with Crippen LogP contribution in [0.2, 0.25) is 0 Å². The van der Waals surface area contributed by atoms with Crippen LogP contribution < -0.4 is 4.74 Å². The molecule has 0 atom stereocenters. The highest BCUT2D eigenvalue weighted by atomic mass is 16.5. The molecule has 3 nitrogen and oxygen atoms in total. The lowest BCUT2D eigenvalue weighted by Crippen LogP contribution is -2.21. The number of fused-ring (bicyclic) bond motifs is 2. The Morgan fingerprint density at radius 1 is 0.818 bits per heavy atom. The first kappa shape index (κ1) is 21.0. The standard InChI is InChI=1S/C30H26O3/c1-30(2)15-14-26(20-10-12-25(33-3)13-11-20)27-17-24-16-22(8-9-23(24)18-28(27)30)19-4-6-21(7-5-19)29(31)32/h4-14,16-18H,15H2,1-3H3,(H,31,32). The Labute approximate surface area is 194 Å². The van der Waals surface area contributed by atoms with Crippen molar-refractivity contribution < 1.29 is 14.6 Å². The van der Waals surface area contributed by atoms with Gasteiger partial charge >= 0.3 is 5.97 Å². The quantitative estimate of drug-likeness (QED) is 0.366. The fourth-order valence-electron chi connectivity index (χ4n) is 4.69. The summed E-state index contributed by atoms with van der Waals surface area (Å²) in [6.07, 6.45) is 3.34. The van der Waals surface area contributed by atoms with Gasteiger partial charge in [-0.3, -0.25) is 0 Å². The summed E-state index contributed by atoms with van der Waals surface area (Å²) in [5.41, 5.74) is 7.51. The van der Waals surface area contributed by atoms with Gasteiger partial charge in [-0.15, -0.1) is 0 Å². The van der Waals surface area contributed by atoms with Crippen LogP contribution in [0, 0.1) is 0 Å².